The molecule has 0 radical (unpaired) electrons. The van der Waals surface area contributed by atoms with Crippen LogP contribution in [0.4, 0.5) is 18.3 Å². The number of halogens is 4. The van der Waals surface area contributed by atoms with E-state index in [1.54, 1.807) is 24.4 Å². The van der Waals surface area contributed by atoms with Gasteiger partial charge >= 0.3 is 6.18 Å². The molecule has 0 spiro atoms. The number of hydrogen-bond acceptors (Lipinski definition) is 7. The molecule has 34 heavy (non-hydrogen) atoms. The van der Waals surface area contributed by atoms with Crippen LogP contribution in [0.25, 0.3) is 5.57 Å². The van der Waals surface area contributed by atoms with E-state index in [4.69, 9.17) is 11.6 Å². The van der Waals surface area contributed by atoms with Gasteiger partial charge in [-0.3, -0.25) is 4.79 Å². The molecule has 1 amide bonds. The summed E-state index contributed by atoms with van der Waals surface area (Å²) in [7, 11) is 1.48. The van der Waals surface area contributed by atoms with Gasteiger partial charge in [-0.2, -0.15) is 28.4 Å². The third-order valence-electron chi connectivity index (χ3n) is 5.05. The zero-order chi connectivity index (χ0) is 24.5. The first-order valence-electron chi connectivity index (χ1n) is 9.90. The second-order valence-corrected chi connectivity index (χ2v) is 8.71. The fraction of sp³-hybridized carbons (Fsp3) is 0.182. The second-order valence-electron chi connectivity index (χ2n) is 7.27. The van der Waals surface area contributed by atoms with E-state index < -0.39 is 11.7 Å². The van der Waals surface area contributed by atoms with E-state index in [2.05, 4.69) is 25.8 Å². The minimum atomic E-state index is -4.62. The Balaban J connectivity index is 1.86. The van der Waals surface area contributed by atoms with Crippen molar-refractivity contribution in [2.24, 2.45) is 10.2 Å². The first kappa shape index (κ1) is 23.7. The smallest absolute Gasteiger partial charge is 0.416 e. The number of carbonyl (C=O) groups is 1. The van der Waals surface area contributed by atoms with Crippen molar-refractivity contribution in [3.05, 3.63) is 73.6 Å². The molecule has 2 aromatic carbocycles. The van der Waals surface area contributed by atoms with Gasteiger partial charge in [0.15, 0.2) is 5.13 Å². The highest BCUT2D eigenvalue weighted by Crippen LogP contribution is 2.38. The third-order valence-corrected chi connectivity index (χ3v) is 6.34. The Morgan fingerprint density at radius 1 is 1.21 bits per heavy atom. The van der Waals surface area contributed by atoms with Gasteiger partial charge in [0.05, 0.1) is 28.6 Å². The summed E-state index contributed by atoms with van der Waals surface area (Å²) in [6, 6.07) is 8.73. The van der Waals surface area contributed by atoms with Crippen molar-refractivity contribution in [3.8, 4) is 5.88 Å². The Morgan fingerprint density at radius 2 is 2.00 bits per heavy atom. The molecule has 1 aromatic heterocycles. The highest BCUT2D eigenvalue weighted by Gasteiger charge is 2.34. The fourth-order valence-electron chi connectivity index (χ4n) is 3.39. The Labute approximate surface area is 200 Å². The SMILES string of the molecule is CNC(=O)CNc1nc(O)c(C(Cc2ccc(Cl)cc2C(F)(F)F)=c2ccc3c(c2)C=NN=3)s1. The summed E-state index contributed by atoms with van der Waals surface area (Å²) in [5, 5.41) is 25.1. The number of thiazole rings is 1. The predicted molar refractivity (Wildman–Crippen MR) is 124 cm³/mol. The average Bonchev–Trinajstić information content (AvgIpc) is 3.41. The predicted octanol–water partition coefficient (Wildman–Crippen LogP) is 3.09. The summed E-state index contributed by atoms with van der Waals surface area (Å²) in [6.07, 6.45) is -3.24. The summed E-state index contributed by atoms with van der Waals surface area (Å²) < 4.78 is 41.3. The maximum Gasteiger partial charge on any atom is 0.416 e. The van der Waals surface area contributed by atoms with Gasteiger partial charge in [0.1, 0.15) is 0 Å². The van der Waals surface area contributed by atoms with Crippen molar-refractivity contribution < 1.29 is 23.1 Å². The van der Waals surface area contributed by atoms with Gasteiger partial charge in [-0.05, 0) is 40.6 Å². The topological polar surface area (TPSA) is 99.0 Å². The van der Waals surface area contributed by atoms with E-state index >= 15 is 0 Å². The van der Waals surface area contributed by atoms with Crippen molar-refractivity contribution in [1.82, 2.24) is 10.3 Å². The highest BCUT2D eigenvalue weighted by molar-refractivity contribution is 7.17. The summed E-state index contributed by atoms with van der Waals surface area (Å²) in [5.41, 5.74) is 0.235. The van der Waals surface area contributed by atoms with Crippen LogP contribution >= 0.6 is 22.9 Å². The number of benzene rings is 2. The Bertz CT molecular complexity index is 1420. The summed E-state index contributed by atoms with van der Waals surface area (Å²) in [6.45, 7) is -0.0789. The van der Waals surface area contributed by atoms with Crippen LogP contribution in [0.15, 0.2) is 46.6 Å². The molecule has 2 heterocycles. The molecule has 0 bridgehead atoms. The van der Waals surface area contributed by atoms with Crippen LogP contribution in [0.5, 0.6) is 5.88 Å². The number of fused-ring (bicyclic) bond motifs is 1. The van der Waals surface area contributed by atoms with Gasteiger partial charge in [-0.15, -0.1) is 0 Å². The van der Waals surface area contributed by atoms with Crippen LogP contribution in [-0.2, 0) is 17.4 Å². The van der Waals surface area contributed by atoms with Crippen LogP contribution < -0.4 is 21.2 Å². The normalized spacial score (nSPS) is 13.3. The molecule has 176 valence electrons. The van der Waals surface area contributed by atoms with E-state index in [0.29, 0.717) is 21.7 Å². The number of aromatic nitrogens is 1. The molecule has 0 saturated heterocycles. The number of carbonyl (C=O) groups excluding carboxylic acids is 1. The van der Waals surface area contributed by atoms with Crippen LogP contribution in [0.3, 0.4) is 0 Å². The minimum absolute atomic E-state index is 0.0153. The number of nitrogens with zero attached hydrogens (tertiary/aromatic N) is 3. The standard InChI is InChI=1S/C22H17ClF3N5O2S/c1-27-18(32)10-28-21-30-20(33)19(34-21)15(11-3-5-17-13(6-11)9-29-31-17)7-12-2-4-14(23)8-16(12)22(24,25)26/h2-6,8-9,33H,7,10H2,1H3,(H,27,32)(H,28,30). The quantitative estimate of drug-likeness (QED) is 0.477. The van der Waals surface area contributed by atoms with Crippen LogP contribution in [-0.4, -0.2) is 35.8 Å². The first-order chi connectivity index (χ1) is 16.2. The molecule has 3 aromatic rings. The van der Waals surface area contributed by atoms with Crippen LogP contribution in [0, 0.1) is 0 Å². The number of likely N-dealkylation sites (N-methyl/N-ethyl adjacent to an activating group) is 1. The number of aromatic hydroxyl groups is 1. The number of nitrogens with one attached hydrogen (secondary N) is 2. The summed E-state index contributed by atoms with van der Waals surface area (Å²) in [5.74, 6) is -0.654. The number of rotatable bonds is 6. The summed E-state index contributed by atoms with van der Waals surface area (Å²) in [4.78, 5) is 15.8. The van der Waals surface area contributed by atoms with E-state index in [-0.39, 0.29) is 45.3 Å². The van der Waals surface area contributed by atoms with E-state index in [9.17, 15) is 23.1 Å². The van der Waals surface area contributed by atoms with Crippen molar-refractivity contribution in [3.63, 3.8) is 0 Å². The zero-order valence-electron chi connectivity index (χ0n) is 17.6. The monoisotopic (exact) mass is 507 g/mol. The molecule has 1 aliphatic heterocycles. The molecule has 7 nitrogen and oxygen atoms in total. The average molecular weight is 508 g/mol. The third kappa shape index (κ3) is 5.05. The van der Waals surface area contributed by atoms with Crippen molar-refractivity contribution in [2.45, 2.75) is 12.6 Å². The Kier molecular flexibility index (Phi) is 6.58. The van der Waals surface area contributed by atoms with Gasteiger partial charge in [0.25, 0.3) is 0 Å². The molecule has 4 rings (SSSR count). The maximum atomic E-state index is 13.8. The number of hydrogen-bond donors (Lipinski definition) is 3. The van der Waals surface area contributed by atoms with Crippen molar-refractivity contribution in [1.29, 1.82) is 0 Å². The molecule has 3 N–H and O–H groups in total. The van der Waals surface area contributed by atoms with Crippen molar-refractivity contribution >= 4 is 45.8 Å². The molecule has 1 aliphatic rings. The van der Waals surface area contributed by atoms with E-state index in [0.717, 1.165) is 17.4 Å². The molecule has 0 unspecified atom stereocenters. The first-order valence-corrected chi connectivity index (χ1v) is 11.1. The fourth-order valence-corrected chi connectivity index (χ4v) is 4.48. The van der Waals surface area contributed by atoms with Crippen molar-refractivity contribution in [2.75, 3.05) is 18.9 Å². The highest BCUT2D eigenvalue weighted by atomic mass is 35.5. The largest absolute Gasteiger partial charge is 0.492 e. The summed E-state index contributed by atoms with van der Waals surface area (Å²) >= 11 is 6.87. The Hall–Kier alpha value is -3.44. The maximum absolute atomic E-state index is 13.8. The van der Waals surface area contributed by atoms with Crippen LogP contribution in [0.2, 0.25) is 5.02 Å². The van der Waals surface area contributed by atoms with Gasteiger partial charge in [-0.25, -0.2) is 0 Å². The molecule has 0 atom stereocenters. The Morgan fingerprint density at radius 3 is 2.74 bits per heavy atom. The van der Waals surface area contributed by atoms with Crippen LogP contribution in [0.1, 0.15) is 21.6 Å². The van der Waals surface area contributed by atoms with Gasteiger partial charge in [0.2, 0.25) is 11.8 Å². The lowest BCUT2D eigenvalue weighted by Gasteiger charge is -2.15. The molecule has 0 saturated carbocycles. The minimum Gasteiger partial charge on any atom is -0.492 e. The van der Waals surface area contributed by atoms with Gasteiger partial charge in [-0.1, -0.05) is 35.1 Å². The molecule has 12 heteroatoms. The van der Waals surface area contributed by atoms with Gasteiger partial charge in [0, 0.05) is 24.1 Å². The zero-order valence-corrected chi connectivity index (χ0v) is 19.1. The number of amides is 1. The van der Waals surface area contributed by atoms with Gasteiger partial charge < -0.3 is 15.7 Å². The van der Waals surface area contributed by atoms with E-state index in [1.807, 2.05) is 0 Å². The number of anilines is 1. The molecule has 0 aliphatic carbocycles. The second kappa shape index (κ2) is 9.43. The molecular weight excluding hydrogens is 491 g/mol. The molecule has 0 fully saturated rings. The lowest BCUT2D eigenvalue weighted by molar-refractivity contribution is -0.138. The van der Waals surface area contributed by atoms with E-state index in [1.165, 1.54) is 19.2 Å². The molecular formula is C22H17ClF3N5O2S. The lowest BCUT2D eigenvalue weighted by Crippen LogP contribution is -2.26. The number of alkyl halides is 3. The lowest BCUT2D eigenvalue weighted by atomic mass is 9.96.